The second-order valence-electron chi connectivity index (χ2n) is 9.78. The van der Waals surface area contributed by atoms with Gasteiger partial charge in [-0.1, -0.05) is 18.2 Å². The minimum absolute atomic E-state index is 0.501. The number of nitrogens with zero attached hydrogens (tertiary/aromatic N) is 5. The first-order valence-corrected chi connectivity index (χ1v) is 12.7. The van der Waals surface area contributed by atoms with Gasteiger partial charge in [-0.2, -0.15) is 0 Å². The fourth-order valence-electron chi connectivity index (χ4n) is 5.54. The van der Waals surface area contributed by atoms with Gasteiger partial charge in [-0.25, -0.2) is 9.97 Å². The Labute approximate surface area is 211 Å². The molecule has 0 bridgehead atoms. The molecule has 0 amide bonds. The van der Waals surface area contributed by atoms with Crippen molar-refractivity contribution in [3.05, 3.63) is 54.9 Å². The number of aromatic nitrogens is 3. The van der Waals surface area contributed by atoms with Gasteiger partial charge in [0.1, 0.15) is 5.75 Å². The van der Waals surface area contributed by atoms with Gasteiger partial charge >= 0.3 is 0 Å². The second-order valence-corrected chi connectivity index (χ2v) is 9.78. The molecule has 2 fully saturated rings. The summed E-state index contributed by atoms with van der Waals surface area (Å²) in [7, 11) is 3.73. The van der Waals surface area contributed by atoms with E-state index < -0.39 is 0 Å². The standard InChI is InChI=1S/C28H33N7O/c1-33-18-21(20-6-3-4-7-25(20)33)23-8-11-30-28(31-23)32-24-16-22(29)26(17-27(24)36-2)35-14-9-19(10-15-35)34-12-5-13-34/h3-4,6-8,11,16-19H,5,9-10,12-15,29H2,1-2H3,(H,30,31,32). The number of hydrogen-bond donors (Lipinski definition) is 2. The fraction of sp³-hybridized carbons (Fsp3) is 0.357. The zero-order valence-corrected chi connectivity index (χ0v) is 20.9. The normalized spacial score (nSPS) is 16.8. The van der Waals surface area contributed by atoms with Gasteiger partial charge in [0.15, 0.2) is 0 Å². The summed E-state index contributed by atoms with van der Waals surface area (Å²) in [6, 6.07) is 15.0. The van der Waals surface area contributed by atoms with E-state index >= 15 is 0 Å². The van der Waals surface area contributed by atoms with Gasteiger partial charge in [0.25, 0.3) is 0 Å². The Morgan fingerprint density at radius 2 is 1.86 bits per heavy atom. The van der Waals surface area contributed by atoms with Crippen LogP contribution in [0, 0.1) is 0 Å². The molecule has 0 radical (unpaired) electrons. The Morgan fingerprint density at radius 1 is 1.06 bits per heavy atom. The zero-order chi connectivity index (χ0) is 24.6. The van der Waals surface area contributed by atoms with Crippen molar-refractivity contribution in [1.29, 1.82) is 0 Å². The van der Waals surface area contributed by atoms with Crippen molar-refractivity contribution < 1.29 is 4.74 Å². The van der Waals surface area contributed by atoms with Gasteiger partial charge in [0, 0.05) is 61.1 Å². The number of benzene rings is 2. The van der Waals surface area contributed by atoms with Crippen LogP contribution >= 0.6 is 0 Å². The fourth-order valence-corrected chi connectivity index (χ4v) is 5.54. The topological polar surface area (TPSA) is 84.5 Å². The summed E-state index contributed by atoms with van der Waals surface area (Å²) >= 11 is 0. The predicted molar refractivity (Wildman–Crippen MR) is 146 cm³/mol. The van der Waals surface area contributed by atoms with E-state index in [0.717, 1.165) is 52.5 Å². The van der Waals surface area contributed by atoms with Crippen molar-refractivity contribution in [2.45, 2.75) is 25.3 Å². The number of methoxy groups -OCH3 is 1. The van der Waals surface area contributed by atoms with Crippen molar-refractivity contribution in [1.82, 2.24) is 19.4 Å². The van der Waals surface area contributed by atoms with Crippen molar-refractivity contribution in [2.24, 2.45) is 7.05 Å². The van der Waals surface area contributed by atoms with E-state index in [1.165, 1.54) is 37.9 Å². The van der Waals surface area contributed by atoms with E-state index in [1.54, 1.807) is 13.3 Å². The molecule has 0 saturated carbocycles. The molecule has 4 aromatic rings. The Balaban J connectivity index is 1.24. The lowest BCUT2D eigenvalue weighted by Crippen LogP contribution is -2.50. The maximum atomic E-state index is 6.56. The molecule has 2 saturated heterocycles. The molecule has 0 aliphatic carbocycles. The number of likely N-dealkylation sites (tertiary alicyclic amines) is 1. The number of rotatable bonds is 6. The van der Waals surface area contributed by atoms with E-state index in [1.807, 2.05) is 24.3 Å². The molecule has 6 rings (SSSR count). The number of aryl methyl sites for hydroxylation is 1. The molecule has 3 N–H and O–H groups in total. The summed E-state index contributed by atoms with van der Waals surface area (Å²) < 4.78 is 7.87. The maximum Gasteiger partial charge on any atom is 0.227 e. The number of nitrogen functional groups attached to an aromatic ring is 1. The van der Waals surface area contributed by atoms with Crippen molar-refractivity contribution in [2.75, 3.05) is 49.2 Å². The molecule has 0 unspecified atom stereocenters. The molecule has 36 heavy (non-hydrogen) atoms. The second kappa shape index (κ2) is 9.35. The first-order valence-electron chi connectivity index (χ1n) is 12.7. The van der Waals surface area contributed by atoms with Gasteiger partial charge in [-0.05, 0) is 50.6 Å². The first-order chi connectivity index (χ1) is 17.6. The minimum Gasteiger partial charge on any atom is -0.494 e. The number of nitrogens with two attached hydrogens (primary N) is 1. The highest BCUT2D eigenvalue weighted by Gasteiger charge is 2.28. The van der Waals surface area contributed by atoms with E-state index in [4.69, 9.17) is 15.5 Å². The third-order valence-electron chi connectivity index (χ3n) is 7.64. The van der Waals surface area contributed by atoms with E-state index in [-0.39, 0.29) is 0 Å². The van der Waals surface area contributed by atoms with Gasteiger partial charge in [0.2, 0.25) is 5.95 Å². The first kappa shape index (κ1) is 22.7. The van der Waals surface area contributed by atoms with Gasteiger partial charge in [0.05, 0.1) is 29.9 Å². The number of para-hydroxylation sites is 1. The number of ether oxygens (including phenoxy) is 1. The lowest BCUT2D eigenvalue weighted by atomic mass is 9.99. The molecule has 2 aromatic carbocycles. The van der Waals surface area contributed by atoms with Crippen molar-refractivity contribution >= 4 is 33.9 Å². The largest absolute Gasteiger partial charge is 0.494 e. The Kier molecular flexibility index (Phi) is 5.89. The van der Waals surface area contributed by atoms with Crippen LogP contribution in [0.2, 0.25) is 0 Å². The third kappa shape index (κ3) is 4.11. The van der Waals surface area contributed by atoms with Crippen LogP contribution in [0.5, 0.6) is 5.75 Å². The third-order valence-corrected chi connectivity index (χ3v) is 7.64. The highest BCUT2D eigenvalue weighted by molar-refractivity contribution is 5.95. The number of hydrogen-bond acceptors (Lipinski definition) is 7. The highest BCUT2D eigenvalue weighted by Crippen LogP contribution is 2.38. The smallest absolute Gasteiger partial charge is 0.227 e. The van der Waals surface area contributed by atoms with Crippen LogP contribution in [0.25, 0.3) is 22.2 Å². The number of fused-ring (bicyclic) bond motifs is 1. The predicted octanol–water partition coefficient (Wildman–Crippen LogP) is 4.64. The molecule has 186 valence electrons. The Bertz CT molecular complexity index is 1390. The quantitative estimate of drug-likeness (QED) is 0.386. The van der Waals surface area contributed by atoms with Gasteiger partial charge < -0.3 is 30.2 Å². The zero-order valence-electron chi connectivity index (χ0n) is 20.9. The number of piperidine rings is 1. The van der Waals surface area contributed by atoms with Crippen LogP contribution in [0.3, 0.4) is 0 Å². The monoisotopic (exact) mass is 483 g/mol. The van der Waals surface area contributed by atoms with E-state index in [9.17, 15) is 0 Å². The maximum absolute atomic E-state index is 6.56. The van der Waals surface area contributed by atoms with Crippen molar-refractivity contribution in [3.8, 4) is 17.0 Å². The van der Waals surface area contributed by atoms with E-state index in [2.05, 4.69) is 56.1 Å². The summed E-state index contributed by atoms with van der Waals surface area (Å²) in [4.78, 5) is 14.3. The molecule has 2 aliphatic heterocycles. The molecule has 4 heterocycles. The number of nitrogens with one attached hydrogen (secondary N) is 1. The molecule has 8 heteroatoms. The van der Waals surface area contributed by atoms with Crippen LogP contribution in [0.4, 0.5) is 23.0 Å². The minimum atomic E-state index is 0.501. The Morgan fingerprint density at radius 3 is 2.61 bits per heavy atom. The summed E-state index contributed by atoms with van der Waals surface area (Å²) in [5.74, 6) is 1.23. The lowest BCUT2D eigenvalue weighted by Gasteiger charge is -2.43. The average molecular weight is 484 g/mol. The molecule has 2 aromatic heterocycles. The van der Waals surface area contributed by atoms with Crippen LogP contribution in [0.1, 0.15) is 19.3 Å². The number of anilines is 4. The summed E-state index contributed by atoms with van der Waals surface area (Å²) in [5.41, 5.74) is 12.2. The Hall–Kier alpha value is -3.78. The van der Waals surface area contributed by atoms with E-state index in [0.29, 0.717) is 12.0 Å². The molecular formula is C28H33N7O. The summed E-state index contributed by atoms with van der Waals surface area (Å²) in [6.45, 7) is 4.53. The molecule has 0 spiro atoms. The SMILES string of the molecule is COc1cc(N2CCC(N3CCC3)CC2)c(N)cc1Nc1nccc(-c2cn(C)c3ccccc23)n1. The summed E-state index contributed by atoms with van der Waals surface area (Å²) in [6.07, 6.45) is 7.58. The van der Waals surface area contributed by atoms with Crippen LogP contribution < -0.4 is 20.7 Å². The lowest BCUT2D eigenvalue weighted by molar-refractivity contribution is 0.100. The molecule has 2 aliphatic rings. The molecule has 0 atom stereocenters. The van der Waals surface area contributed by atoms with Crippen LogP contribution in [-0.4, -0.2) is 58.8 Å². The molecule has 8 nitrogen and oxygen atoms in total. The van der Waals surface area contributed by atoms with Crippen molar-refractivity contribution in [3.63, 3.8) is 0 Å². The van der Waals surface area contributed by atoms with Crippen LogP contribution in [0.15, 0.2) is 54.9 Å². The average Bonchev–Trinajstić information content (AvgIpc) is 3.21. The molecular weight excluding hydrogens is 450 g/mol. The van der Waals surface area contributed by atoms with Gasteiger partial charge in [-0.3, -0.25) is 0 Å². The summed E-state index contributed by atoms with van der Waals surface area (Å²) in [5, 5.41) is 4.50. The van der Waals surface area contributed by atoms with Crippen LogP contribution in [-0.2, 0) is 7.05 Å². The highest BCUT2D eigenvalue weighted by atomic mass is 16.5. The van der Waals surface area contributed by atoms with Gasteiger partial charge in [-0.15, -0.1) is 0 Å².